The number of para-hydroxylation sites is 3. The first-order valence-electron chi connectivity index (χ1n) is 23.4. The van der Waals surface area contributed by atoms with E-state index in [4.69, 9.17) is 0 Å². The first kappa shape index (κ1) is 37.7. The van der Waals surface area contributed by atoms with Gasteiger partial charge in [0.2, 0.25) is 0 Å². The van der Waals surface area contributed by atoms with Crippen LogP contribution in [0.3, 0.4) is 0 Å². The number of allylic oxidation sites excluding steroid dienone is 5. The molecule has 67 heavy (non-hydrogen) atoms. The summed E-state index contributed by atoms with van der Waals surface area (Å²) < 4.78 is 4.72. The Morgan fingerprint density at radius 1 is 0.448 bits per heavy atom. The number of hydrogen-bond donors (Lipinski definition) is 2. The number of nitrogens with zero attached hydrogens (tertiary/aromatic N) is 2. The molecule has 0 amide bonds. The molecule has 4 nitrogen and oxygen atoms in total. The molecule has 0 radical (unpaired) electrons. The number of aryl methyl sites for hydroxylation is 2. The zero-order valence-corrected chi connectivity index (χ0v) is 37.1. The molecule has 0 fully saturated rings. The number of aromatic nitrogens is 4. The van der Waals surface area contributed by atoms with Crippen LogP contribution in [0.4, 0.5) is 0 Å². The van der Waals surface area contributed by atoms with Crippen molar-refractivity contribution in [2.24, 2.45) is 0 Å². The van der Waals surface area contributed by atoms with Crippen LogP contribution in [0.2, 0.25) is 0 Å². The molecule has 13 aromatic rings. The molecule has 4 heteroatoms. The van der Waals surface area contributed by atoms with Gasteiger partial charge in [-0.1, -0.05) is 97.6 Å². The van der Waals surface area contributed by atoms with E-state index in [9.17, 15) is 0 Å². The third-order valence-corrected chi connectivity index (χ3v) is 14.5. The molecule has 9 aromatic carbocycles. The smallest absolute Gasteiger partial charge is 0.0541 e. The number of aromatic amines is 2. The van der Waals surface area contributed by atoms with E-state index in [1.54, 1.807) is 0 Å². The van der Waals surface area contributed by atoms with Crippen molar-refractivity contribution in [2.45, 2.75) is 19.8 Å². The van der Waals surface area contributed by atoms with Crippen molar-refractivity contribution in [3.8, 4) is 39.1 Å². The second-order valence-electron chi connectivity index (χ2n) is 18.2. The summed E-state index contributed by atoms with van der Waals surface area (Å²) in [5, 5.41) is 10.1. The first-order chi connectivity index (χ1) is 33.1. The zero-order chi connectivity index (χ0) is 44.3. The van der Waals surface area contributed by atoms with Gasteiger partial charge in [-0.25, -0.2) is 0 Å². The Balaban J connectivity index is 0.834. The maximum atomic E-state index is 4.00. The molecule has 0 aliphatic heterocycles. The Morgan fingerprint density at radius 2 is 0.910 bits per heavy atom. The van der Waals surface area contributed by atoms with Gasteiger partial charge in [-0.2, -0.15) is 0 Å². The Labute approximate surface area is 387 Å². The first-order valence-corrected chi connectivity index (χ1v) is 23.4. The topological polar surface area (TPSA) is 41.4 Å². The summed E-state index contributed by atoms with van der Waals surface area (Å²) in [5.41, 5.74) is 22.1. The normalized spacial score (nSPS) is 13.1. The average molecular weight is 857 g/mol. The van der Waals surface area contributed by atoms with E-state index < -0.39 is 0 Å². The van der Waals surface area contributed by atoms with Crippen LogP contribution < -0.4 is 0 Å². The Hall–Kier alpha value is -8.60. The second kappa shape index (κ2) is 14.5. The average Bonchev–Trinajstić information content (AvgIpc) is 4.11. The van der Waals surface area contributed by atoms with Crippen LogP contribution in [-0.2, 0) is 12.8 Å². The van der Waals surface area contributed by atoms with Gasteiger partial charge in [0.05, 0.1) is 22.1 Å². The van der Waals surface area contributed by atoms with E-state index in [-0.39, 0.29) is 0 Å². The molecule has 0 atom stereocenters. The molecule has 4 aromatic heterocycles. The van der Waals surface area contributed by atoms with Crippen molar-refractivity contribution in [3.63, 3.8) is 0 Å². The third kappa shape index (κ3) is 5.66. The number of H-pyrrole nitrogens is 2. The predicted molar refractivity (Wildman–Crippen MR) is 286 cm³/mol. The minimum atomic E-state index is 1.01. The van der Waals surface area contributed by atoms with Crippen LogP contribution >= 0.6 is 0 Å². The highest BCUT2D eigenvalue weighted by atomic mass is 15.0. The van der Waals surface area contributed by atoms with Crippen LogP contribution in [-0.4, -0.2) is 19.1 Å². The Morgan fingerprint density at radius 3 is 1.51 bits per heavy atom. The van der Waals surface area contributed by atoms with Crippen LogP contribution in [0.15, 0.2) is 207 Å². The summed E-state index contributed by atoms with van der Waals surface area (Å²) in [6.45, 7) is 6.06. The molecular formula is C63H44N4. The van der Waals surface area contributed by atoms with Gasteiger partial charge in [-0.3, -0.25) is 0 Å². The lowest BCUT2D eigenvalue weighted by Crippen LogP contribution is -2.04. The van der Waals surface area contributed by atoms with Gasteiger partial charge >= 0.3 is 0 Å². The summed E-state index contributed by atoms with van der Waals surface area (Å²) in [5.74, 6) is 0. The summed E-state index contributed by atoms with van der Waals surface area (Å²) in [7, 11) is 0. The fourth-order valence-corrected chi connectivity index (χ4v) is 11.5. The number of rotatable bonds is 6. The molecule has 0 saturated heterocycles. The molecule has 1 aliphatic rings. The number of hydrogen-bond acceptors (Lipinski definition) is 0. The highest BCUT2D eigenvalue weighted by molar-refractivity contribution is 6.15. The van der Waals surface area contributed by atoms with Crippen molar-refractivity contribution in [1.82, 2.24) is 19.1 Å². The molecule has 0 bridgehead atoms. The molecule has 0 saturated carbocycles. The van der Waals surface area contributed by atoms with Gasteiger partial charge in [0.15, 0.2) is 0 Å². The minimum Gasteiger partial charge on any atom is -0.354 e. The van der Waals surface area contributed by atoms with Crippen molar-refractivity contribution in [2.75, 3.05) is 0 Å². The summed E-state index contributed by atoms with van der Waals surface area (Å²) in [6, 6.07) is 65.5. The summed E-state index contributed by atoms with van der Waals surface area (Å²) >= 11 is 0. The number of benzene rings is 9. The molecule has 0 spiro atoms. The monoisotopic (exact) mass is 856 g/mol. The van der Waals surface area contributed by atoms with E-state index in [0.29, 0.717) is 0 Å². The van der Waals surface area contributed by atoms with E-state index in [1.807, 2.05) is 6.08 Å². The molecule has 1 aliphatic carbocycles. The Bertz CT molecular complexity index is 4290. The van der Waals surface area contributed by atoms with E-state index in [0.717, 1.165) is 29.6 Å². The number of nitrogens with one attached hydrogen (secondary N) is 2. The van der Waals surface area contributed by atoms with Crippen molar-refractivity contribution in [1.29, 1.82) is 0 Å². The van der Waals surface area contributed by atoms with Gasteiger partial charge in [0.1, 0.15) is 0 Å². The van der Waals surface area contributed by atoms with E-state index in [1.165, 1.54) is 126 Å². The molecule has 0 unspecified atom stereocenters. The van der Waals surface area contributed by atoms with Gasteiger partial charge < -0.3 is 19.1 Å². The standard InChI is InChI=1S/C63H44N4/c1-3-12-44(13-4-2)66-60-18-10-8-16-46(60)54-32-40(24-28-62(54)66)38-22-26-56-50(30-38)52-34-42-20-21-43-35-53-51-31-39(23-27-57(51)65-59(53)37-49(43)48(42)36-58(52)64-56)41-25-29-63-55(33-41)47-17-9-11-19-61(47)67(63)45-14-6-5-7-15-45/h3-19,22-37,64-65H,1,20-21H2,2H3/b13-4-,44-12+. The van der Waals surface area contributed by atoms with Crippen LogP contribution in [0, 0.1) is 0 Å². The van der Waals surface area contributed by atoms with Gasteiger partial charge in [0, 0.05) is 76.5 Å². The lowest BCUT2D eigenvalue weighted by atomic mass is 9.84. The molecular weight excluding hydrogens is 813 g/mol. The molecule has 2 N–H and O–H groups in total. The highest BCUT2D eigenvalue weighted by Crippen LogP contribution is 2.43. The van der Waals surface area contributed by atoms with Crippen molar-refractivity contribution in [3.05, 3.63) is 218 Å². The van der Waals surface area contributed by atoms with Gasteiger partial charge in [-0.15, -0.1) is 0 Å². The lowest BCUT2D eigenvalue weighted by Gasteiger charge is -2.20. The van der Waals surface area contributed by atoms with Crippen molar-refractivity contribution < 1.29 is 0 Å². The van der Waals surface area contributed by atoms with Crippen LogP contribution in [0.25, 0.3) is 132 Å². The van der Waals surface area contributed by atoms with Crippen molar-refractivity contribution >= 4 is 92.9 Å². The predicted octanol–water partition coefficient (Wildman–Crippen LogP) is 16.9. The quantitative estimate of drug-likeness (QED) is 0.157. The summed E-state index contributed by atoms with van der Waals surface area (Å²) in [4.78, 5) is 7.62. The zero-order valence-electron chi connectivity index (χ0n) is 37.1. The maximum absolute atomic E-state index is 4.00. The van der Waals surface area contributed by atoms with Gasteiger partial charge in [0.25, 0.3) is 0 Å². The van der Waals surface area contributed by atoms with Crippen LogP contribution in [0.5, 0.6) is 0 Å². The summed E-state index contributed by atoms with van der Waals surface area (Å²) in [6.07, 6.45) is 10.2. The molecule has 14 rings (SSSR count). The second-order valence-corrected chi connectivity index (χ2v) is 18.2. The molecule has 316 valence electrons. The largest absolute Gasteiger partial charge is 0.354 e. The fraction of sp³-hybridized carbons (Fsp3) is 0.0476. The van der Waals surface area contributed by atoms with Gasteiger partial charge in [-0.05, 0) is 173 Å². The van der Waals surface area contributed by atoms with E-state index in [2.05, 4.69) is 227 Å². The van der Waals surface area contributed by atoms with Crippen LogP contribution in [0.1, 0.15) is 18.1 Å². The SMILES string of the molecule is C=C/C=C(\C=C/C)n1c2ccccc2c2cc(-c3ccc4[nH]c5cc6c(cc5c4c3)CCc3cc4c(cc3-6)[nH]c3ccc(-c5ccc6c(c5)c5ccccc5n6-c5ccccc5)cc34)ccc21. The highest BCUT2D eigenvalue weighted by Gasteiger charge is 2.22. The maximum Gasteiger partial charge on any atom is 0.0541 e. The minimum absolute atomic E-state index is 1.01. The van der Waals surface area contributed by atoms with E-state index >= 15 is 0 Å². The third-order valence-electron chi connectivity index (χ3n) is 14.5. The molecule has 4 heterocycles. The lowest BCUT2D eigenvalue weighted by molar-refractivity contribution is 0.946. The Kier molecular flexibility index (Phi) is 8.14. The number of fused-ring (bicyclic) bond motifs is 15. The fourth-order valence-electron chi connectivity index (χ4n) is 11.5.